The second kappa shape index (κ2) is 3.81. The Kier molecular flexibility index (Phi) is 2.44. The van der Waals surface area contributed by atoms with Crippen LogP contribution < -0.4 is 10.5 Å². The van der Waals surface area contributed by atoms with Crippen molar-refractivity contribution in [3.05, 3.63) is 65.5 Å². The van der Waals surface area contributed by atoms with Crippen molar-refractivity contribution in [2.45, 2.75) is 25.0 Å². The van der Waals surface area contributed by atoms with E-state index in [2.05, 4.69) is 0 Å². The fourth-order valence-electron chi connectivity index (χ4n) is 2.78. The van der Waals surface area contributed by atoms with Crippen LogP contribution in [0.3, 0.4) is 0 Å². The lowest BCUT2D eigenvalue weighted by atomic mass is 9.74. The zero-order valence-corrected chi connectivity index (χ0v) is 11.0. The first-order chi connectivity index (χ1) is 8.95. The Balaban J connectivity index is 2.23. The quantitative estimate of drug-likeness (QED) is 0.851. The predicted octanol–water partition coefficient (Wildman–Crippen LogP) is 3.20. The van der Waals surface area contributed by atoms with Crippen molar-refractivity contribution in [1.82, 2.24) is 0 Å². The molecule has 0 fully saturated rings. The summed E-state index contributed by atoms with van der Waals surface area (Å²) >= 11 is 0. The number of rotatable bonds is 1. The Labute approximate surface area is 112 Å². The molecule has 1 unspecified atom stereocenters. The molecule has 0 bridgehead atoms. The van der Waals surface area contributed by atoms with Crippen LogP contribution in [0.2, 0.25) is 0 Å². The van der Waals surface area contributed by atoms with Crippen LogP contribution in [0, 0.1) is 5.82 Å². The molecule has 0 spiro atoms. The summed E-state index contributed by atoms with van der Waals surface area (Å²) in [5, 5.41) is 0. The molecule has 3 heteroatoms. The molecule has 1 heterocycles. The van der Waals surface area contributed by atoms with Gasteiger partial charge in [0.2, 0.25) is 0 Å². The van der Waals surface area contributed by atoms with Crippen LogP contribution in [0.25, 0.3) is 0 Å². The molecule has 0 amide bonds. The van der Waals surface area contributed by atoms with Gasteiger partial charge in [0.05, 0.1) is 0 Å². The van der Waals surface area contributed by atoms with E-state index in [9.17, 15) is 4.39 Å². The largest absolute Gasteiger partial charge is 0.485 e. The normalized spacial score (nSPS) is 23.8. The first-order valence-electron chi connectivity index (χ1n) is 6.28. The van der Waals surface area contributed by atoms with Crippen LogP contribution in [0.15, 0.2) is 48.5 Å². The van der Waals surface area contributed by atoms with Crippen molar-refractivity contribution < 1.29 is 9.13 Å². The van der Waals surface area contributed by atoms with Crippen molar-refractivity contribution in [3.8, 4) is 5.75 Å². The number of ether oxygens (including phenoxy) is 1. The SMILES string of the molecule is CC1(C)Oc2ccccc2C1(N)c1ccc(F)cc1. The van der Waals surface area contributed by atoms with E-state index >= 15 is 0 Å². The minimum Gasteiger partial charge on any atom is -0.485 e. The van der Waals surface area contributed by atoms with Gasteiger partial charge < -0.3 is 10.5 Å². The molecular weight excluding hydrogens is 241 g/mol. The highest BCUT2D eigenvalue weighted by Gasteiger charge is 2.53. The van der Waals surface area contributed by atoms with E-state index in [0.717, 1.165) is 16.9 Å². The van der Waals surface area contributed by atoms with Gasteiger partial charge in [0, 0.05) is 5.56 Å². The monoisotopic (exact) mass is 257 g/mol. The molecule has 0 saturated carbocycles. The Morgan fingerprint density at radius 1 is 1.00 bits per heavy atom. The summed E-state index contributed by atoms with van der Waals surface area (Å²) in [5.41, 5.74) is 7.09. The molecule has 98 valence electrons. The van der Waals surface area contributed by atoms with E-state index in [1.807, 2.05) is 38.1 Å². The number of benzene rings is 2. The van der Waals surface area contributed by atoms with Gasteiger partial charge in [-0.15, -0.1) is 0 Å². The van der Waals surface area contributed by atoms with E-state index in [0.29, 0.717) is 0 Å². The molecule has 2 aromatic carbocycles. The molecule has 0 saturated heterocycles. The maximum atomic E-state index is 13.1. The fraction of sp³-hybridized carbons (Fsp3) is 0.250. The Morgan fingerprint density at radius 3 is 2.32 bits per heavy atom. The Bertz CT molecular complexity index is 621. The van der Waals surface area contributed by atoms with Gasteiger partial charge in [0.15, 0.2) is 0 Å². The molecule has 2 aromatic rings. The molecule has 0 aromatic heterocycles. The standard InChI is InChI=1S/C16H16FNO/c1-15(2)16(18,11-7-9-12(17)10-8-11)13-5-3-4-6-14(13)19-15/h3-10H,18H2,1-2H3. The van der Waals surface area contributed by atoms with Crippen molar-refractivity contribution in [2.24, 2.45) is 5.73 Å². The summed E-state index contributed by atoms with van der Waals surface area (Å²) in [7, 11) is 0. The highest BCUT2D eigenvalue weighted by molar-refractivity contribution is 5.53. The molecule has 19 heavy (non-hydrogen) atoms. The van der Waals surface area contributed by atoms with Gasteiger partial charge in [-0.1, -0.05) is 30.3 Å². The van der Waals surface area contributed by atoms with Crippen LogP contribution in [-0.4, -0.2) is 5.60 Å². The zero-order chi connectivity index (χ0) is 13.7. The van der Waals surface area contributed by atoms with Crippen molar-refractivity contribution >= 4 is 0 Å². The number of fused-ring (bicyclic) bond motifs is 1. The van der Waals surface area contributed by atoms with Crippen LogP contribution in [-0.2, 0) is 5.54 Å². The summed E-state index contributed by atoms with van der Waals surface area (Å²) in [5.74, 6) is 0.525. The van der Waals surface area contributed by atoms with Crippen molar-refractivity contribution in [1.29, 1.82) is 0 Å². The Morgan fingerprint density at radius 2 is 1.63 bits per heavy atom. The van der Waals surface area contributed by atoms with Crippen LogP contribution >= 0.6 is 0 Å². The highest BCUT2D eigenvalue weighted by atomic mass is 19.1. The zero-order valence-electron chi connectivity index (χ0n) is 11.0. The van der Waals surface area contributed by atoms with Crippen LogP contribution in [0.5, 0.6) is 5.75 Å². The molecule has 1 aliphatic heterocycles. The molecule has 0 aliphatic carbocycles. The lowest BCUT2D eigenvalue weighted by molar-refractivity contribution is 0.0755. The lowest BCUT2D eigenvalue weighted by Gasteiger charge is -2.37. The van der Waals surface area contributed by atoms with Crippen molar-refractivity contribution in [3.63, 3.8) is 0 Å². The average molecular weight is 257 g/mol. The third-order valence-electron chi connectivity index (χ3n) is 3.93. The summed E-state index contributed by atoms with van der Waals surface area (Å²) in [6, 6.07) is 14.1. The van der Waals surface area contributed by atoms with E-state index in [-0.39, 0.29) is 5.82 Å². The summed E-state index contributed by atoms with van der Waals surface area (Å²) in [4.78, 5) is 0. The second-order valence-corrected chi connectivity index (χ2v) is 5.42. The minimum absolute atomic E-state index is 0.266. The van der Waals surface area contributed by atoms with Gasteiger partial charge in [-0.2, -0.15) is 0 Å². The Hall–Kier alpha value is -1.87. The van der Waals surface area contributed by atoms with Gasteiger partial charge in [-0.25, -0.2) is 4.39 Å². The van der Waals surface area contributed by atoms with Crippen LogP contribution in [0.1, 0.15) is 25.0 Å². The second-order valence-electron chi connectivity index (χ2n) is 5.42. The third kappa shape index (κ3) is 1.58. The molecular formula is C16H16FNO. The number of halogens is 1. The van der Waals surface area contributed by atoms with Crippen LogP contribution in [0.4, 0.5) is 4.39 Å². The van der Waals surface area contributed by atoms with Gasteiger partial charge in [0.1, 0.15) is 22.7 Å². The summed E-state index contributed by atoms with van der Waals surface area (Å²) in [6.45, 7) is 3.91. The smallest absolute Gasteiger partial charge is 0.130 e. The first kappa shape index (κ1) is 12.2. The van der Waals surface area contributed by atoms with Gasteiger partial charge in [-0.05, 0) is 37.6 Å². The molecule has 1 atom stereocenters. The number of nitrogens with two attached hydrogens (primary N) is 1. The number of hydrogen-bond acceptors (Lipinski definition) is 2. The summed E-state index contributed by atoms with van der Waals surface area (Å²) < 4.78 is 19.1. The molecule has 2 N–H and O–H groups in total. The molecule has 2 nitrogen and oxygen atoms in total. The number of hydrogen-bond donors (Lipinski definition) is 1. The maximum absolute atomic E-state index is 13.1. The van der Waals surface area contributed by atoms with Gasteiger partial charge in [-0.3, -0.25) is 0 Å². The van der Waals surface area contributed by atoms with E-state index in [1.165, 1.54) is 12.1 Å². The number of para-hydroxylation sites is 1. The van der Waals surface area contributed by atoms with E-state index in [1.54, 1.807) is 12.1 Å². The lowest BCUT2D eigenvalue weighted by Crippen LogP contribution is -2.54. The fourth-order valence-corrected chi connectivity index (χ4v) is 2.78. The van der Waals surface area contributed by atoms with E-state index in [4.69, 9.17) is 10.5 Å². The predicted molar refractivity (Wildman–Crippen MR) is 72.5 cm³/mol. The molecule has 0 radical (unpaired) electrons. The van der Waals surface area contributed by atoms with Gasteiger partial charge in [0.25, 0.3) is 0 Å². The highest BCUT2D eigenvalue weighted by Crippen LogP contribution is 2.49. The molecule has 3 rings (SSSR count). The maximum Gasteiger partial charge on any atom is 0.130 e. The van der Waals surface area contributed by atoms with E-state index < -0.39 is 11.1 Å². The molecule has 1 aliphatic rings. The summed E-state index contributed by atoms with van der Waals surface area (Å²) in [6.07, 6.45) is 0. The third-order valence-corrected chi connectivity index (χ3v) is 3.93. The average Bonchev–Trinajstić information content (AvgIpc) is 2.59. The van der Waals surface area contributed by atoms with Gasteiger partial charge >= 0.3 is 0 Å². The topological polar surface area (TPSA) is 35.2 Å². The minimum atomic E-state index is -0.780. The van der Waals surface area contributed by atoms with Crippen molar-refractivity contribution in [2.75, 3.05) is 0 Å². The first-order valence-corrected chi connectivity index (χ1v) is 6.28.